The summed E-state index contributed by atoms with van der Waals surface area (Å²) in [7, 11) is 1.71. The lowest BCUT2D eigenvalue weighted by atomic mass is 10.1. The molecule has 1 fully saturated rings. The van der Waals surface area contributed by atoms with E-state index < -0.39 is 0 Å². The molecule has 1 aliphatic heterocycles. The Morgan fingerprint density at radius 3 is 2.88 bits per heavy atom. The topological polar surface area (TPSA) is 52.4 Å². The fraction of sp³-hybridized carbons (Fsp3) is 0.368. The van der Waals surface area contributed by atoms with E-state index in [1.54, 1.807) is 19.4 Å². The van der Waals surface area contributed by atoms with Crippen molar-refractivity contribution >= 4 is 5.69 Å². The van der Waals surface area contributed by atoms with Crippen LogP contribution in [0.2, 0.25) is 0 Å². The number of hydrogen-bond donors (Lipinski definition) is 0. The smallest absolute Gasteiger partial charge is 0.142 e. The normalized spacial score (nSPS) is 18.2. The van der Waals surface area contributed by atoms with E-state index in [1.165, 1.54) is 0 Å². The number of benzene rings is 1. The number of piperazine rings is 1. The molecular weight excluding hydrogens is 300 g/mol. The Bertz CT molecular complexity index is 740. The first-order chi connectivity index (χ1) is 11.7. The first-order valence-corrected chi connectivity index (χ1v) is 8.18. The highest BCUT2D eigenvalue weighted by atomic mass is 16.5. The van der Waals surface area contributed by atoms with Crippen molar-refractivity contribution in [2.24, 2.45) is 0 Å². The van der Waals surface area contributed by atoms with Crippen LogP contribution in [-0.2, 0) is 6.54 Å². The number of methoxy groups -OCH3 is 1. The van der Waals surface area contributed by atoms with Crippen molar-refractivity contribution in [2.45, 2.75) is 19.5 Å². The summed E-state index contributed by atoms with van der Waals surface area (Å²) in [5, 5.41) is 9.02. The lowest BCUT2D eigenvalue weighted by Crippen LogP contribution is -2.51. The summed E-state index contributed by atoms with van der Waals surface area (Å²) >= 11 is 0. The average molecular weight is 322 g/mol. The van der Waals surface area contributed by atoms with Gasteiger partial charge in [0.05, 0.1) is 30.1 Å². The van der Waals surface area contributed by atoms with Crippen LogP contribution in [0.25, 0.3) is 0 Å². The summed E-state index contributed by atoms with van der Waals surface area (Å²) in [6, 6.07) is 14.4. The predicted octanol–water partition coefficient (Wildman–Crippen LogP) is 2.67. The summed E-state index contributed by atoms with van der Waals surface area (Å²) in [6.45, 7) is 5.85. The van der Waals surface area contributed by atoms with Crippen LogP contribution >= 0.6 is 0 Å². The van der Waals surface area contributed by atoms with Gasteiger partial charge in [0.25, 0.3) is 0 Å². The van der Waals surface area contributed by atoms with Gasteiger partial charge >= 0.3 is 0 Å². The molecule has 2 aromatic rings. The number of rotatable bonds is 4. The van der Waals surface area contributed by atoms with Gasteiger partial charge in [0, 0.05) is 38.4 Å². The maximum absolute atomic E-state index is 9.02. The number of nitrogens with zero attached hydrogens (tertiary/aromatic N) is 4. The van der Waals surface area contributed by atoms with E-state index in [0.29, 0.717) is 11.6 Å². The summed E-state index contributed by atoms with van der Waals surface area (Å²) in [6.07, 6.45) is 1.71. The number of nitriles is 1. The summed E-state index contributed by atoms with van der Waals surface area (Å²) in [5.41, 5.74) is 2.77. The molecule has 3 rings (SSSR count). The van der Waals surface area contributed by atoms with Gasteiger partial charge in [-0.2, -0.15) is 5.26 Å². The van der Waals surface area contributed by atoms with Gasteiger partial charge in [0.2, 0.25) is 0 Å². The molecule has 1 aromatic heterocycles. The molecule has 1 atom stereocenters. The van der Waals surface area contributed by atoms with Crippen LogP contribution in [0.3, 0.4) is 0 Å². The summed E-state index contributed by atoms with van der Waals surface area (Å²) in [5.74, 6) is 0.918. The third-order valence-corrected chi connectivity index (χ3v) is 4.50. The number of anilines is 1. The highest BCUT2D eigenvalue weighted by molar-refractivity contribution is 5.58. The van der Waals surface area contributed by atoms with Crippen LogP contribution in [0, 0.1) is 11.3 Å². The Kier molecular flexibility index (Phi) is 4.97. The van der Waals surface area contributed by atoms with Crippen molar-refractivity contribution in [1.29, 1.82) is 5.26 Å². The fourth-order valence-corrected chi connectivity index (χ4v) is 3.18. The maximum atomic E-state index is 9.02. The molecule has 0 spiro atoms. The lowest BCUT2D eigenvalue weighted by Gasteiger charge is -2.41. The van der Waals surface area contributed by atoms with E-state index in [9.17, 15) is 0 Å². The van der Waals surface area contributed by atoms with Crippen LogP contribution in [0.15, 0.2) is 42.6 Å². The summed E-state index contributed by atoms with van der Waals surface area (Å²) in [4.78, 5) is 9.18. The van der Waals surface area contributed by atoms with Crippen LogP contribution in [0.5, 0.6) is 5.75 Å². The first kappa shape index (κ1) is 16.3. The fourth-order valence-electron chi connectivity index (χ4n) is 3.18. The molecule has 1 aliphatic rings. The number of ether oxygens (including phenoxy) is 1. The lowest BCUT2D eigenvalue weighted by molar-refractivity contribution is 0.178. The van der Waals surface area contributed by atoms with E-state index in [4.69, 9.17) is 10.00 Å². The van der Waals surface area contributed by atoms with Crippen LogP contribution in [-0.4, -0.2) is 42.7 Å². The van der Waals surface area contributed by atoms with E-state index in [1.807, 2.05) is 24.3 Å². The molecule has 5 nitrogen and oxygen atoms in total. The van der Waals surface area contributed by atoms with E-state index >= 15 is 0 Å². The van der Waals surface area contributed by atoms with Gasteiger partial charge in [-0.3, -0.25) is 9.88 Å². The largest absolute Gasteiger partial charge is 0.495 e. The zero-order chi connectivity index (χ0) is 16.9. The second-order valence-corrected chi connectivity index (χ2v) is 6.09. The second kappa shape index (κ2) is 7.33. The molecule has 24 heavy (non-hydrogen) atoms. The van der Waals surface area contributed by atoms with E-state index in [-0.39, 0.29) is 0 Å². The standard InChI is InChI=1S/C19H22N4O/c1-15-13-23(18-5-3-4-6-19(18)24-2)10-9-22(15)14-17-11-16(12-20)7-8-21-17/h3-8,11,15H,9-10,13-14H2,1-2H3/t15-/m0/s1. The predicted molar refractivity (Wildman–Crippen MR) is 94.0 cm³/mol. The number of para-hydroxylation sites is 2. The van der Waals surface area contributed by atoms with Gasteiger partial charge in [-0.25, -0.2) is 0 Å². The Hall–Kier alpha value is -2.58. The monoisotopic (exact) mass is 322 g/mol. The molecule has 0 N–H and O–H groups in total. The molecule has 0 unspecified atom stereocenters. The minimum Gasteiger partial charge on any atom is -0.495 e. The third-order valence-electron chi connectivity index (χ3n) is 4.50. The third kappa shape index (κ3) is 3.50. The van der Waals surface area contributed by atoms with Crippen LogP contribution in [0.4, 0.5) is 5.69 Å². The van der Waals surface area contributed by atoms with Gasteiger partial charge in [0.1, 0.15) is 5.75 Å². The molecule has 2 heterocycles. The van der Waals surface area contributed by atoms with Gasteiger partial charge in [-0.1, -0.05) is 12.1 Å². The van der Waals surface area contributed by atoms with Crippen LogP contribution < -0.4 is 9.64 Å². The SMILES string of the molecule is COc1ccccc1N1CCN(Cc2cc(C#N)ccn2)[C@@H](C)C1. The molecule has 5 heteroatoms. The maximum Gasteiger partial charge on any atom is 0.142 e. The molecule has 1 aromatic carbocycles. The van der Waals surface area contributed by atoms with Gasteiger partial charge < -0.3 is 9.64 Å². The highest BCUT2D eigenvalue weighted by Crippen LogP contribution is 2.29. The summed E-state index contributed by atoms with van der Waals surface area (Å²) < 4.78 is 5.49. The van der Waals surface area contributed by atoms with Crippen molar-refractivity contribution in [3.05, 3.63) is 53.9 Å². The van der Waals surface area contributed by atoms with E-state index in [0.717, 1.165) is 43.3 Å². The van der Waals surface area contributed by atoms with Crippen LogP contribution in [0.1, 0.15) is 18.2 Å². The van der Waals surface area contributed by atoms with Crippen molar-refractivity contribution in [2.75, 3.05) is 31.6 Å². The molecule has 1 saturated heterocycles. The molecule has 0 bridgehead atoms. The van der Waals surface area contributed by atoms with Gasteiger partial charge in [-0.15, -0.1) is 0 Å². The minimum atomic E-state index is 0.399. The average Bonchev–Trinajstić information content (AvgIpc) is 2.63. The molecular formula is C19H22N4O. The van der Waals surface area contributed by atoms with Crippen molar-refractivity contribution in [1.82, 2.24) is 9.88 Å². The minimum absolute atomic E-state index is 0.399. The first-order valence-electron chi connectivity index (χ1n) is 8.18. The van der Waals surface area contributed by atoms with E-state index in [2.05, 4.69) is 33.8 Å². The van der Waals surface area contributed by atoms with Crippen molar-refractivity contribution in [3.8, 4) is 11.8 Å². The van der Waals surface area contributed by atoms with Crippen molar-refractivity contribution < 1.29 is 4.74 Å². The zero-order valence-corrected chi connectivity index (χ0v) is 14.1. The molecule has 0 radical (unpaired) electrons. The number of aromatic nitrogens is 1. The van der Waals surface area contributed by atoms with Gasteiger partial charge in [-0.05, 0) is 31.2 Å². The zero-order valence-electron chi connectivity index (χ0n) is 14.1. The Labute approximate surface area is 143 Å². The number of hydrogen-bond acceptors (Lipinski definition) is 5. The Balaban J connectivity index is 1.68. The molecule has 0 aliphatic carbocycles. The molecule has 0 saturated carbocycles. The molecule has 0 amide bonds. The van der Waals surface area contributed by atoms with Gasteiger partial charge in [0.15, 0.2) is 0 Å². The van der Waals surface area contributed by atoms with Crippen molar-refractivity contribution in [3.63, 3.8) is 0 Å². The highest BCUT2D eigenvalue weighted by Gasteiger charge is 2.25. The quantitative estimate of drug-likeness (QED) is 0.866. The Morgan fingerprint density at radius 1 is 1.29 bits per heavy atom. The second-order valence-electron chi connectivity index (χ2n) is 6.09. The Morgan fingerprint density at radius 2 is 2.12 bits per heavy atom. The number of pyridine rings is 1. The molecule has 124 valence electrons.